The summed E-state index contributed by atoms with van der Waals surface area (Å²) in [6.07, 6.45) is 6.79. The van der Waals surface area contributed by atoms with Crippen molar-refractivity contribution in [2.75, 3.05) is 13.1 Å². The second-order valence-electron chi connectivity index (χ2n) is 6.39. The van der Waals surface area contributed by atoms with Crippen molar-refractivity contribution in [1.82, 2.24) is 10.2 Å². The third-order valence-electron chi connectivity index (χ3n) is 4.67. The van der Waals surface area contributed by atoms with Crippen LogP contribution in [0.1, 0.15) is 66.2 Å². The van der Waals surface area contributed by atoms with Crippen LogP contribution in [0.3, 0.4) is 0 Å². The lowest BCUT2D eigenvalue weighted by atomic mass is 9.92. The molecule has 0 aromatic rings. The molecule has 0 bridgehead atoms. The second kappa shape index (κ2) is 7.99. The van der Waals surface area contributed by atoms with Gasteiger partial charge in [0.1, 0.15) is 5.54 Å². The largest absolute Gasteiger partial charge is 0.480 e. The molecule has 2 unspecified atom stereocenters. The highest BCUT2D eigenvalue weighted by atomic mass is 16.4. The molecule has 1 aliphatic rings. The minimum absolute atomic E-state index is 0.300. The Labute approximate surface area is 123 Å². The van der Waals surface area contributed by atoms with Crippen LogP contribution >= 0.6 is 0 Å². The summed E-state index contributed by atoms with van der Waals surface area (Å²) in [5.74, 6) is -0.736. The Morgan fingerprint density at radius 3 is 2.45 bits per heavy atom. The highest BCUT2D eigenvalue weighted by Crippen LogP contribution is 2.27. The minimum atomic E-state index is -0.818. The molecule has 2 atom stereocenters. The molecule has 0 radical (unpaired) electrons. The van der Waals surface area contributed by atoms with Crippen molar-refractivity contribution in [2.24, 2.45) is 0 Å². The number of hydrogen-bond donors (Lipinski definition) is 2. The van der Waals surface area contributed by atoms with Crippen LogP contribution in [0.25, 0.3) is 0 Å². The van der Waals surface area contributed by atoms with Crippen LogP contribution in [0.15, 0.2) is 0 Å². The Morgan fingerprint density at radius 2 is 2.00 bits per heavy atom. The number of aliphatic carboxylic acids is 1. The van der Waals surface area contributed by atoms with E-state index in [0.29, 0.717) is 18.5 Å². The molecular formula is C16H32N2O2. The van der Waals surface area contributed by atoms with Crippen LogP contribution in [0.2, 0.25) is 0 Å². The Balaban J connectivity index is 2.67. The van der Waals surface area contributed by atoms with E-state index in [2.05, 4.69) is 31.0 Å². The van der Waals surface area contributed by atoms with Gasteiger partial charge in [0.15, 0.2) is 0 Å². The molecule has 0 amide bonds. The van der Waals surface area contributed by atoms with Crippen LogP contribution in [0, 0.1) is 0 Å². The van der Waals surface area contributed by atoms with Gasteiger partial charge in [0.25, 0.3) is 0 Å². The molecule has 1 aliphatic carbocycles. The van der Waals surface area contributed by atoms with Crippen molar-refractivity contribution in [3.63, 3.8) is 0 Å². The Hall–Kier alpha value is -0.610. The summed E-state index contributed by atoms with van der Waals surface area (Å²) in [5.41, 5.74) is -0.818. The summed E-state index contributed by atoms with van der Waals surface area (Å²) in [6.45, 7) is 10.0. The van der Waals surface area contributed by atoms with E-state index in [0.717, 1.165) is 19.5 Å². The zero-order valence-corrected chi connectivity index (χ0v) is 13.6. The molecule has 0 aromatic heterocycles. The van der Waals surface area contributed by atoms with Gasteiger partial charge in [0.05, 0.1) is 0 Å². The fraction of sp³-hybridized carbons (Fsp3) is 0.938. The van der Waals surface area contributed by atoms with E-state index in [4.69, 9.17) is 0 Å². The number of carbonyl (C=O) groups is 1. The van der Waals surface area contributed by atoms with Crippen LogP contribution in [-0.2, 0) is 4.79 Å². The summed E-state index contributed by atoms with van der Waals surface area (Å²) in [5, 5.41) is 12.8. The average molecular weight is 284 g/mol. The summed E-state index contributed by atoms with van der Waals surface area (Å²) in [7, 11) is 0. The highest BCUT2D eigenvalue weighted by Gasteiger charge is 2.36. The predicted octanol–water partition coefficient (Wildman–Crippen LogP) is 2.87. The number of rotatable bonds is 9. The number of carboxylic acids is 1. The molecule has 1 rings (SSSR count). The molecule has 0 heterocycles. The zero-order chi connectivity index (χ0) is 15.2. The lowest BCUT2D eigenvalue weighted by molar-refractivity contribution is -0.145. The molecular weight excluding hydrogens is 252 g/mol. The van der Waals surface area contributed by atoms with E-state index in [-0.39, 0.29) is 0 Å². The van der Waals surface area contributed by atoms with Gasteiger partial charge in [0.2, 0.25) is 0 Å². The maximum absolute atomic E-state index is 11.6. The number of carboxylic acid groups (broad SMARTS) is 1. The first-order chi connectivity index (χ1) is 9.44. The molecule has 0 spiro atoms. The lowest BCUT2D eigenvalue weighted by Gasteiger charge is -2.38. The maximum Gasteiger partial charge on any atom is 0.323 e. The number of hydrogen-bond acceptors (Lipinski definition) is 3. The normalized spacial score (nSPS) is 21.1. The minimum Gasteiger partial charge on any atom is -0.480 e. The van der Waals surface area contributed by atoms with Gasteiger partial charge in [-0.25, -0.2) is 0 Å². The average Bonchev–Trinajstić information content (AvgIpc) is 2.90. The molecule has 4 heteroatoms. The summed E-state index contributed by atoms with van der Waals surface area (Å²) in [6, 6.07) is 0.952. The number of nitrogens with zero attached hydrogens (tertiary/aromatic N) is 1. The molecule has 1 saturated carbocycles. The van der Waals surface area contributed by atoms with Crippen molar-refractivity contribution in [3.8, 4) is 0 Å². The standard InChI is InChI=1S/C16H32N2O2/c1-5-11-17-16(4,15(19)20)12-13(3)18(6-2)14-9-7-8-10-14/h13-14,17H,5-12H2,1-4H3,(H,19,20). The van der Waals surface area contributed by atoms with Gasteiger partial charge in [-0.2, -0.15) is 0 Å². The van der Waals surface area contributed by atoms with Crippen molar-refractivity contribution in [1.29, 1.82) is 0 Å². The summed E-state index contributed by atoms with van der Waals surface area (Å²) < 4.78 is 0. The Kier molecular flexibility index (Phi) is 6.96. The smallest absolute Gasteiger partial charge is 0.323 e. The Bertz CT molecular complexity index is 303. The fourth-order valence-corrected chi connectivity index (χ4v) is 3.51. The van der Waals surface area contributed by atoms with Crippen molar-refractivity contribution < 1.29 is 9.90 Å². The maximum atomic E-state index is 11.6. The van der Waals surface area contributed by atoms with E-state index in [1.807, 2.05) is 6.92 Å². The van der Waals surface area contributed by atoms with Crippen LogP contribution in [0.4, 0.5) is 0 Å². The third-order valence-corrected chi connectivity index (χ3v) is 4.67. The van der Waals surface area contributed by atoms with Gasteiger partial charge in [-0.15, -0.1) is 0 Å². The molecule has 2 N–H and O–H groups in total. The van der Waals surface area contributed by atoms with Crippen molar-refractivity contribution in [2.45, 2.75) is 83.8 Å². The number of nitrogens with one attached hydrogen (secondary N) is 1. The molecule has 0 aliphatic heterocycles. The monoisotopic (exact) mass is 284 g/mol. The summed E-state index contributed by atoms with van der Waals surface area (Å²) in [4.78, 5) is 14.1. The van der Waals surface area contributed by atoms with Gasteiger partial charge in [-0.3, -0.25) is 9.69 Å². The molecule has 0 saturated heterocycles. The van der Waals surface area contributed by atoms with E-state index < -0.39 is 11.5 Å². The van der Waals surface area contributed by atoms with E-state index in [1.165, 1.54) is 25.7 Å². The van der Waals surface area contributed by atoms with Gasteiger partial charge >= 0.3 is 5.97 Å². The fourth-order valence-electron chi connectivity index (χ4n) is 3.51. The van der Waals surface area contributed by atoms with Gasteiger partial charge in [0, 0.05) is 12.1 Å². The first-order valence-electron chi connectivity index (χ1n) is 8.18. The van der Waals surface area contributed by atoms with Gasteiger partial charge in [-0.1, -0.05) is 26.7 Å². The van der Waals surface area contributed by atoms with E-state index in [1.54, 1.807) is 0 Å². The molecule has 0 aromatic carbocycles. The van der Waals surface area contributed by atoms with Crippen molar-refractivity contribution >= 4 is 5.97 Å². The van der Waals surface area contributed by atoms with E-state index >= 15 is 0 Å². The molecule has 20 heavy (non-hydrogen) atoms. The second-order valence-corrected chi connectivity index (χ2v) is 6.39. The molecule has 1 fully saturated rings. The quantitative estimate of drug-likeness (QED) is 0.683. The Morgan fingerprint density at radius 1 is 1.40 bits per heavy atom. The molecule has 118 valence electrons. The third kappa shape index (κ3) is 4.45. The first kappa shape index (κ1) is 17.4. The van der Waals surface area contributed by atoms with Crippen LogP contribution < -0.4 is 5.32 Å². The molecule has 4 nitrogen and oxygen atoms in total. The lowest BCUT2D eigenvalue weighted by Crippen LogP contribution is -2.54. The predicted molar refractivity (Wildman–Crippen MR) is 83.0 cm³/mol. The summed E-state index contributed by atoms with van der Waals surface area (Å²) >= 11 is 0. The topological polar surface area (TPSA) is 52.6 Å². The van der Waals surface area contributed by atoms with Gasteiger partial charge < -0.3 is 10.4 Å². The first-order valence-corrected chi connectivity index (χ1v) is 8.18. The van der Waals surface area contributed by atoms with E-state index in [9.17, 15) is 9.90 Å². The van der Waals surface area contributed by atoms with Crippen LogP contribution in [0.5, 0.6) is 0 Å². The van der Waals surface area contributed by atoms with Crippen molar-refractivity contribution in [3.05, 3.63) is 0 Å². The SMILES string of the molecule is CCCNC(C)(CC(C)N(CC)C1CCCC1)C(=O)O. The zero-order valence-electron chi connectivity index (χ0n) is 13.6. The highest BCUT2D eigenvalue weighted by molar-refractivity contribution is 5.78. The van der Waals surface area contributed by atoms with Crippen LogP contribution in [-0.4, -0.2) is 46.7 Å². The van der Waals surface area contributed by atoms with Gasteiger partial charge in [-0.05, 0) is 52.6 Å².